The second kappa shape index (κ2) is 9.09. The predicted molar refractivity (Wildman–Crippen MR) is 126 cm³/mol. The first-order valence-corrected chi connectivity index (χ1v) is 12.3. The van der Waals surface area contributed by atoms with Gasteiger partial charge in [-0.15, -0.1) is 0 Å². The SMILES string of the molecule is CCOc1cc(N2CCOCC2)ccc1[C@H]1[C@@H](c2ccccn2)N=C2SC[C@@H](CC)N21. The van der Waals surface area contributed by atoms with Crippen LogP contribution >= 0.6 is 11.8 Å². The van der Waals surface area contributed by atoms with Gasteiger partial charge in [0.25, 0.3) is 0 Å². The van der Waals surface area contributed by atoms with Crippen LogP contribution in [-0.2, 0) is 4.74 Å². The number of morpholine rings is 1. The maximum atomic E-state index is 6.22. The average Bonchev–Trinajstić information content (AvgIpc) is 3.40. The summed E-state index contributed by atoms with van der Waals surface area (Å²) in [5.41, 5.74) is 3.42. The second-order valence-corrected chi connectivity index (χ2v) is 9.08. The molecule has 3 aliphatic heterocycles. The molecule has 2 aromatic rings. The van der Waals surface area contributed by atoms with Crippen LogP contribution in [0.1, 0.15) is 43.6 Å². The van der Waals surface area contributed by atoms with Crippen molar-refractivity contribution in [2.45, 2.75) is 38.4 Å². The van der Waals surface area contributed by atoms with Crippen molar-refractivity contribution in [3.05, 3.63) is 53.9 Å². The van der Waals surface area contributed by atoms with Gasteiger partial charge in [0.05, 0.1) is 31.6 Å². The van der Waals surface area contributed by atoms with Gasteiger partial charge in [-0.25, -0.2) is 0 Å². The Morgan fingerprint density at radius 1 is 1.16 bits per heavy atom. The largest absolute Gasteiger partial charge is 0.493 e. The van der Waals surface area contributed by atoms with Crippen LogP contribution < -0.4 is 9.64 Å². The molecule has 0 bridgehead atoms. The van der Waals surface area contributed by atoms with E-state index in [0.29, 0.717) is 12.6 Å². The molecule has 5 rings (SSSR count). The van der Waals surface area contributed by atoms with Crippen LogP contribution in [0.15, 0.2) is 47.6 Å². The molecule has 0 radical (unpaired) electrons. The standard InChI is InChI=1S/C24H30N4O2S/c1-3-17-16-31-24-26-22(20-7-5-6-10-25-20)23(28(17)24)19-9-8-18(15-21(19)30-4-2)27-11-13-29-14-12-27/h5-10,15,17,22-23H,3-4,11-14,16H2,1-2H3/t17-,22-,23+/m1/s1. The molecule has 0 saturated carbocycles. The summed E-state index contributed by atoms with van der Waals surface area (Å²) in [6, 6.07) is 13.4. The Hall–Kier alpha value is -2.25. The van der Waals surface area contributed by atoms with Crippen LogP contribution in [-0.4, -0.2) is 59.8 Å². The van der Waals surface area contributed by atoms with E-state index < -0.39 is 0 Å². The molecule has 3 aliphatic rings. The number of pyridine rings is 1. The van der Waals surface area contributed by atoms with E-state index in [-0.39, 0.29) is 12.1 Å². The summed E-state index contributed by atoms with van der Waals surface area (Å²) < 4.78 is 11.8. The molecular formula is C24H30N4O2S. The third-order valence-electron chi connectivity index (χ3n) is 6.32. The van der Waals surface area contributed by atoms with Gasteiger partial charge >= 0.3 is 0 Å². The molecule has 164 valence electrons. The Labute approximate surface area is 188 Å². The van der Waals surface area contributed by atoms with Gasteiger partial charge in [-0.2, -0.15) is 0 Å². The fourth-order valence-corrected chi connectivity index (χ4v) is 6.09. The highest BCUT2D eigenvalue weighted by atomic mass is 32.2. The molecule has 0 N–H and O–H groups in total. The first-order valence-electron chi connectivity index (χ1n) is 11.3. The molecule has 1 aromatic heterocycles. The van der Waals surface area contributed by atoms with Crippen LogP contribution in [0.25, 0.3) is 0 Å². The zero-order valence-electron chi connectivity index (χ0n) is 18.2. The molecule has 6 nitrogen and oxygen atoms in total. The highest BCUT2D eigenvalue weighted by Gasteiger charge is 2.46. The molecular weight excluding hydrogens is 408 g/mol. The average molecular weight is 439 g/mol. The number of anilines is 1. The monoisotopic (exact) mass is 438 g/mol. The summed E-state index contributed by atoms with van der Waals surface area (Å²) in [6.45, 7) is 8.34. The molecule has 0 spiro atoms. The maximum Gasteiger partial charge on any atom is 0.160 e. The molecule has 4 heterocycles. The highest BCUT2D eigenvalue weighted by molar-refractivity contribution is 8.14. The normalized spacial score (nSPS) is 25.5. The molecule has 0 unspecified atom stereocenters. The summed E-state index contributed by atoms with van der Waals surface area (Å²) in [5.74, 6) is 2.05. The number of aliphatic imine (C=N–C) groups is 1. The number of fused-ring (bicyclic) bond motifs is 1. The first-order chi connectivity index (χ1) is 15.3. The summed E-state index contributed by atoms with van der Waals surface area (Å²) in [7, 11) is 0. The molecule has 0 amide bonds. The third kappa shape index (κ3) is 3.89. The quantitative estimate of drug-likeness (QED) is 0.670. The predicted octanol–water partition coefficient (Wildman–Crippen LogP) is 4.30. The summed E-state index contributed by atoms with van der Waals surface area (Å²) >= 11 is 1.87. The number of benzene rings is 1. The van der Waals surface area contributed by atoms with E-state index >= 15 is 0 Å². The maximum absolute atomic E-state index is 6.22. The number of rotatable bonds is 6. The number of hydrogen-bond acceptors (Lipinski definition) is 7. The first kappa shape index (κ1) is 20.6. The number of amidine groups is 1. The lowest BCUT2D eigenvalue weighted by Gasteiger charge is -2.34. The van der Waals surface area contributed by atoms with Crippen LogP contribution in [0.3, 0.4) is 0 Å². The third-order valence-corrected chi connectivity index (χ3v) is 7.45. The van der Waals surface area contributed by atoms with Crippen molar-refractivity contribution in [3.63, 3.8) is 0 Å². The lowest BCUT2D eigenvalue weighted by Crippen LogP contribution is -2.37. The zero-order valence-corrected chi connectivity index (χ0v) is 19.1. The van der Waals surface area contributed by atoms with Gasteiger partial charge in [0.2, 0.25) is 0 Å². The molecule has 1 aromatic carbocycles. The minimum atomic E-state index is -0.0218. The van der Waals surface area contributed by atoms with Gasteiger partial charge in [-0.1, -0.05) is 30.8 Å². The summed E-state index contributed by atoms with van der Waals surface area (Å²) in [5, 5.41) is 1.15. The number of ether oxygens (including phenoxy) is 2. The van der Waals surface area contributed by atoms with Crippen molar-refractivity contribution >= 4 is 22.6 Å². The van der Waals surface area contributed by atoms with Gasteiger partial charge < -0.3 is 19.3 Å². The van der Waals surface area contributed by atoms with Crippen LogP contribution in [0.2, 0.25) is 0 Å². The van der Waals surface area contributed by atoms with Gasteiger partial charge in [0.15, 0.2) is 5.17 Å². The second-order valence-electron chi connectivity index (χ2n) is 8.09. The molecule has 2 fully saturated rings. The molecule has 0 aliphatic carbocycles. The van der Waals surface area contributed by atoms with Crippen molar-refractivity contribution in [3.8, 4) is 5.75 Å². The van der Waals surface area contributed by atoms with E-state index in [1.165, 1.54) is 11.3 Å². The van der Waals surface area contributed by atoms with Crippen molar-refractivity contribution in [1.29, 1.82) is 0 Å². The van der Waals surface area contributed by atoms with E-state index in [0.717, 1.165) is 55.1 Å². The van der Waals surface area contributed by atoms with Gasteiger partial charge in [-0.05, 0) is 31.5 Å². The molecule has 31 heavy (non-hydrogen) atoms. The Bertz CT molecular complexity index is 932. The van der Waals surface area contributed by atoms with E-state index in [2.05, 4.69) is 59.0 Å². The number of hydrogen-bond donors (Lipinski definition) is 0. The van der Waals surface area contributed by atoms with E-state index in [1.807, 2.05) is 24.0 Å². The lowest BCUT2D eigenvalue weighted by atomic mass is 9.94. The Balaban J connectivity index is 1.56. The van der Waals surface area contributed by atoms with Crippen molar-refractivity contribution < 1.29 is 9.47 Å². The molecule has 7 heteroatoms. The van der Waals surface area contributed by atoms with Gasteiger partial charge in [0, 0.05) is 48.4 Å². The van der Waals surface area contributed by atoms with E-state index in [1.54, 1.807) is 0 Å². The summed E-state index contributed by atoms with van der Waals surface area (Å²) in [4.78, 5) is 14.7. The fraction of sp³-hybridized carbons (Fsp3) is 0.500. The van der Waals surface area contributed by atoms with E-state index in [4.69, 9.17) is 14.5 Å². The highest BCUT2D eigenvalue weighted by Crippen LogP contribution is 2.50. The van der Waals surface area contributed by atoms with Crippen molar-refractivity contribution in [2.75, 3.05) is 43.6 Å². The molecule has 2 saturated heterocycles. The number of nitrogens with zero attached hydrogens (tertiary/aromatic N) is 4. The van der Waals surface area contributed by atoms with Crippen molar-refractivity contribution in [1.82, 2.24) is 9.88 Å². The number of thioether (sulfide) groups is 1. The Kier molecular flexibility index (Phi) is 6.05. The molecule has 3 atom stereocenters. The number of aromatic nitrogens is 1. The van der Waals surface area contributed by atoms with Gasteiger partial charge in [0.1, 0.15) is 11.8 Å². The fourth-order valence-electron chi connectivity index (χ4n) is 4.75. The topological polar surface area (TPSA) is 50.2 Å². The Morgan fingerprint density at radius 2 is 2.03 bits per heavy atom. The van der Waals surface area contributed by atoms with Crippen molar-refractivity contribution in [2.24, 2.45) is 4.99 Å². The van der Waals surface area contributed by atoms with E-state index in [9.17, 15) is 0 Å². The smallest absolute Gasteiger partial charge is 0.160 e. The minimum absolute atomic E-state index is 0.0218. The van der Waals surface area contributed by atoms with Crippen LogP contribution in [0, 0.1) is 0 Å². The van der Waals surface area contributed by atoms with Crippen LogP contribution in [0.5, 0.6) is 5.75 Å². The van der Waals surface area contributed by atoms with Crippen LogP contribution in [0.4, 0.5) is 5.69 Å². The Morgan fingerprint density at radius 3 is 2.77 bits per heavy atom. The summed E-state index contributed by atoms with van der Waals surface area (Å²) in [6.07, 6.45) is 2.97. The van der Waals surface area contributed by atoms with Gasteiger partial charge in [-0.3, -0.25) is 9.98 Å². The zero-order chi connectivity index (χ0) is 21.2. The minimum Gasteiger partial charge on any atom is -0.493 e. The lowest BCUT2D eigenvalue weighted by molar-refractivity contribution is 0.122.